The SMILES string of the molecule is Cc1ccc(Cl)cc1N(CCCC(=O)N(CCc1ccccc1)C(C)C(=O)NC1CCCC1)S(C)(=O)=O. The van der Waals surface area contributed by atoms with Crippen molar-refractivity contribution in [3.63, 3.8) is 0 Å². The first kappa shape index (κ1) is 29.0. The average Bonchev–Trinajstić information content (AvgIpc) is 3.36. The molecule has 0 aliphatic heterocycles. The molecule has 37 heavy (non-hydrogen) atoms. The Hall–Kier alpha value is -2.58. The molecule has 3 rings (SSSR count). The number of amides is 2. The number of hydrogen-bond acceptors (Lipinski definition) is 4. The third kappa shape index (κ3) is 8.47. The molecular formula is C28H38ClN3O4S. The van der Waals surface area contributed by atoms with Crippen molar-refractivity contribution in [1.82, 2.24) is 10.2 Å². The van der Waals surface area contributed by atoms with Gasteiger partial charge in [0, 0.05) is 30.6 Å². The zero-order valence-corrected chi connectivity index (χ0v) is 23.5. The second-order valence-electron chi connectivity index (χ2n) is 9.86. The lowest BCUT2D eigenvalue weighted by Gasteiger charge is -2.30. The number of nitrogens with one attached hydrogen (secondary N) is 1. The minimum Gasteiger partial charge on any atom is -0.352 e. The molecule has 1 saturated carbocycles. The van der Waals surface area contributed by atoms with Crippen LogP contribution in [0.3, 0.4) is 0 Å². The van der Waals surface area contributed by atoms with Crippen molar-refractivity contribution in [1.29, 1.82) is 0 Å². The van der Waals surface area contributed by atoms with Crippen molar-refractivity contribution < 1.29 is 18.0 Å². The van der Waals surface area contributed by atoms with Crippen LogP contribution < -0.4 is 9.62 Å². The molecule has 0 bridgehead atoms. The molecule has 1 atom stereocenters. The number of hydrogen-bond donors (Lipinski definition) is 1. The van der Waals surface area contributed by atoms with Gasteiger partial charge in [0.1, 0.15) is 6.04 Å². The molecule has 0 saturated heterocycles. The van der Waals surface area contributed by atoms with E-state index < -0.39 is 16.1 Å². The summed E-state index contributed by atoms with van der Waals surface area (Å²) in [4.78, 5) is 28.0. The molecule has 1 N–H and O–H groups in total. The van der Waals surface area contributed by atoms with E-state index >= 15 is 0 Å². The van der Waals surface area contributed by atoms with Crippen LogP contribution in [0, 0.1) is 6.92 Å². The van der Waals surface area contributed by atoms with Gasteiger partial charge < -0.3 is 10.2 Å². The Balaban J connectivity index is 1.69. The topological polar surface area (TPSA) is 86.8 Å². The maximum Gasteiger partial charge on any atom is 0.242 e. The molecule has 2 aromatic carbocycles. The zero-order valence-electron chi connectivity index (χ0n) is 22.0. The molecule has 1 unspecified atom stereocenters. The van der Waals surface area contributed by atoms with Crippen LogP contribution in [-0.4, -0.2) is 56.6 Å². The first-order valence-electron chi connectivity index (χ1n) is 12.9. The Bertz CT molecular complexity index is 1170. The number of anilines is 1. The Labute approximate surface area is 226 Å². The van der Waals surface area contributed by atoms with E-state index in [-0.39, 0.29) is 30.8 Å². The van der Waals surface area contributed by atoms with Crippen LogP contribution in [0.2, 0.25) is 5.02 Å². The lowest BCUT2D eigenvalue weighted by Crippen LogP contribution is -2.50. The number of carbonyl (C=O) groups is 2. The van der Waals surface area contributed by atoms with Crippen molar-refractivity contribution in [3.05, 3.63) is 64.7 Å². The molecule has 2 amide bonds. The Morgan fingerprint density at radius 3 is 2.41 bits per heavy atom. The van der Waals surface area contributed by atoms with Crippen LogP contribution in [0.4, 0.5) is 5.69 Å². The van der Waals surface area contributed by atoms with Gasteiger partial charge in [-0.1, -0.05) is 60.8 Å². The highest BCUT2D eigenvalue weighted by Crippen LogP contribution is 2.27. The minimum atomic E-state index is -3.58. The second kappa shape index (κ2) is 13.3. The molecule has 0 radical (unpaired) electrons. The van der Waals surface area contributed by atoms with Gasteiger partial charge in [-0.05, 0) is 62.8 Å². The first-order chi connectivity index (χ1) is 17.6. The summed E-state index contributed by atoms with van der Waals surface area (Å²) in [6.07, 6.45) is 6.39. The van der Waals surface area contributed by atoms with Crippen molar-refractivity contribution >= 4 is 39.1 Å². The molecule has 202 valence electrons. The monoisotopic (exact) mass is 547 g/mol. The Kier molecular flexibility index (Phi) is 10.4. The van der Waals surface area contributed by atoms with Crippen LogP contribution in [0.5, 0.6) is 0 Å². The Morgan fingerprint density at radius 2 is 1.76 bits per heavy atom. The third-order valence-electron chi connectivity index (χ3n) is 6.95. The highest BCUT2D eigenvalue weighted by atomic mass is 35.5. The van der Waals surface area contributed by atoms with Crippen molar-refractivity contribution in [2.24, 2.45) is 0 Å². The van der Waals surface area contributed by atoms with Gasteiger partial charge in [0.25, 0.3) is 0 Å². The number of sulfonamides is 1. The fraction of sp³-hybridized carbons (Fsp3) is 0.500. The number of benzene rings is 2. The van der Waals surface area contributed by atoms with Crippen LogP contribution in [0.1, 0.15) is 56.6 Å². The first-order valence-corrected chi connectivity index (χ1v) is 15.2. The van der Waals surface area contributed by atoms with Gasteiger partial charge in [0.05, 0.1) is 11.9 Å². The zero-order chi connectivity index (χ0) is 27.0. The molecule has 7 nitrogen and oxygen atoms in total. The Morgan fingerprint density at radius 1 is 1.08 bits per heavy atom. The molecule has 0 heterocycles. The van der Waals surface area contributed by atoms with Gasteiger partial charge in [0.2, 0.25) is 21.8 Å². The standard InChI is InChI=1S/C28H38ClN3O4S/c1-21-15-16-24(29)20-26(21)32(37(3,35)36)18-9-14-27(33)31(19-17-23-10-5-4-6-11-23)22(2)28(34)30-25-12-7-8-13-25/h4-6,10-11,15-16,20,22,25H,7-9,12-14,17-19H2,1-3H3,(H,30,34). The number of aryl methyl sites for hydroxylation is 1. The van der Waals surface area contributed by atoms with Crippen molar-refractivity contribution in [2.75, 3.05) is 23.7 Å². The molecule has 0 aromatic heterocycles. The molecule has 9 heteroatoms. The van der Waals surface area contributed by atoms with E-state index in [1.807, 2.05) is 37.3 Å². The van der Waals surface area contributed by atoms with Crippen LogP contribution >= 0.6 is 11.6 Å². The average molecular weight is 548 g/mol. The summed E-state index contributed by atoms with van der Waals surface area (Å²) in [7, 11) is -3.58. The fourth-order valence-electron chi connectivity index (χ4n) is 4.80. The lowest BCUT2D eigenvalue weighted by molar-refractivity contribution is -0.140. The van der Waals surface area contributed by atoms with Gasteiger partial charge in [-0.2, -0.15) is 0 Å². The number of halogens is 1. The fourth-order valence-corrected chi connectivity index (χ4v) is 5.98. The smallest absolute Gasteiger partial charge is 0.242 e. The van der Waals surface area contributed by atoms with E-state index in [0.717, 1.165) is 43.1 Å². The van der Waals surface area contributed by atoms with E-state index in [4.69, 9.17) is 11.6 Å². The van der Waals surface area contributed by atoms with E-state index in [0.29, 0.717) is 30.1 Å². The molecule has 1 aliphatic rings. The van der Waals surface area contributed by atoms with E-state index in [9.17, 15) is 18.0 Å². The number of nitrogens with zero attached hydrogens (tertiary/aromatic N) is 2. The van der Waals surface area contributed by atoms with Gasteiger partial charge in [-0.15, -0.1) is 0 Å². The predicted octanol–water partition coefficient (Wildman–Crippen LogP) is 4.71. The van der Waals surface area contributed by atoms with E-state index in [1.165, 1.54) is 4.31 Å². The summed E-state index contributed by atoms with van der Waals surface area (Å²) >= 11 is 6.13. The van der Waals surface area contributed by atoms with E-state index in [2.05, 4.69) is 5.32 Å². The summed E-state index contributed by atoms with van der Waals surface area (Å²) in [5, 5.41) is 3.55. The highest BCUT2D eigenvalue weighted by Gasteiger charge is 2.28. The lowest BCUT2D eigenvalue weighted by atomic mass is 10.1. The van der Waals surface area contributed by atoms with Gasteiger partial charge in [-0.25, -0.2) is 8.42 Å². The summed E-state index contributed by atoms with van der Waals surface area (Å²) in [6, 6.07) is 14.5. The number of carbonyl (C=O) groups excluding carboxylic acids is 2. The quantitative estimate of drug-likeness (QED) is 0.417. The van der Waals surface area contributed by atoms with Crippen molar-refractivity contribution in [2.45, 2.75) is 70.9 Å². The summed E-state index contributed by atoms with van der Waals surface area (Å²) in [5.41, 5.74) is 2.37. The maximum absolute atomic E-state index is 13.4. The summed E-state index contributed by atoms with van der Waals surface area (Å²) in [6.45, 7) is 4.14. The molecule has 0 spiro atoms. The summed E-state index contributed by atoms with van der Waals surface area (Å²) < 4.78 is 26.4. The van der Waals surface area contributed by atoms with Crippen LogP contribution in [-0.2, 0) is 26.0 Å². The predicted molar refractivity (Wildman–Crippen MR) is 149 cm³/mol. The van der Waals surface area contributed by atoms with Gasteiger partial charge in [0.15, 0.2) is 0 Å². The minimum absolute atomic E-state index is 0.126. The molecule has 1 aliphatic carbocycles. The molecular weight excluding hydrogens is 510 g/mol. The summed E-state index contributed by atoms with van der Waals surface area (Å²) in [5.74, 6) is -0.304. The van der Waals surface area contributed by atoms with Gasteiger partial charge >= 0.3 is 0 Å². The van der Waals surface area contributed by atoms with E-state index in [1.54, 1.807) is 30.0 Å². The van der Waals surface area contributed by atoms with Crippen molar-refractivity contribution in [3.8, 4) is 0 Å². The largest absolute Gasteiger partial charge is 0.352 e. The maximum atomic E-state index is 13.4. The highest BCUT2D eigenvalue weighted by molar-refractivity contribution is 7.92. The van der Waals surface area contributed by atoms with Crippen LogP contribution in [0.25, 0.3) is 0 Å². The number of rotatable bonds is 12. The second-order valence-corrected chi connectivity index (χ2v) is 12.2. The molecule has 2 aromatic rings. The molecule has 1 fully saturated rings. The van der Waals surface area contributed by atoms with Gasteiger partial charge in [-0.3, -0.25) is 13.9 Å². The van der Waals surface area contributed by atoms with Crippen LogP contribution in [0.15, 0.2) is 48.5 Å². The normalized spacial score (nSPS) is 14.8. The third-order valence-corrected chi connectivity index (χ3v) is 8.36.